The first-order valence-electron chi connectivity index (χ1n) is 45.9. The van der Waals surface area contributed by atoms with Crippen molar-refractivity contribution in [3.8, 4) is 137 Å². The molecule has 0 saturated heterocycles. The van der Waals surface area contributed by atoms with Gasteiger partial charge < -0.3 is 27.9 Å². The molecule has 15 heteroatoms. The van der Waals surface area contributed by atoms with Crippen LogP contribution in [0.25, 0.3) is 170 Å². The minimum atomic E-state index is -0.123. The summed E-state index contributed by atoms with van der Waals surface area (Å²) in [5, 5.41) is 3.66. The van der Waals surface area contributed by atoms with E-state index in [-0.39, 0.29) is 36.1 Å². The first kappa shape index (κ1) is 79.7. The van der Waals surface area contributed by atoms with E-state index in [1.54, 1.807) is 0 Å². The van der Waals surface area contributed by atoms with Gasteiger partial charge in [-0.25, -0.2) is 44.9 Å². The van der Waals surface area contributed by atoms with Crippen LogP contribution in [-0.4, -0.2) is 58.6 Å². The number of benzene rings is 15. The molecule has 9 heterocycles. The molecule has 0 spiro atoms. The Morgan fingerprint density at radius 3 is 0.919 bits per heavy atom. The maximum absolute atomic E-state index is 6.88. The molecule has 135 heavy (non-hydrogen) atoms. The summed E-state index contributed by atoms with van der Waals surface area (Å²) in [6.45, 7) is 6.40. The topological polar surface area (TPSA) is 158 Å². The van der Waals surface area contributed by atoms with Crippen molar-refractivity contribution in [2.75, 3.05) is 0 Å². The second-order valence-electron chi connectivity index (χ2n) is 34.9. The molecule has 3 aliphatic heterocycles. The fourth-order valence-corrected chi connectivity index (χ4v) is 20.7. The van der Waals surface area contributed by atoms with Crippen LogP contribution in [-0.2, 0) is 0 Å². The number of ether oxygens (including phenoxy) is 3. The zero-order valence-corrected chi connectivity index (χ0v) is 73.9. The Balaban J connectivity index is 0.000000108. The van der Waals surface area contributed by atoms with Gasteiger partial charge in [0.1, 0.15) is 35.6 Å². The molecule has 6 unspecified atom stereocenters. The van der Waals surface area contributed by atoms with E-state index in [4.69, 9.17) is 59.1 Å². The molecular weight excluding hydrogens is 1660 g/mol. The Kier molecular flexibility index (Phi) is 19.6. The van der Waals surface area contributed by atoms with Crippen LogP contribution in [0.5, 0.6) is 17.2 Å². The molecule has 642 valence electrons. The Morgan fingerprint density at radius 2 is 0.533 bits per heavy atom. The molecular formula is C120H84N12O3. The lowest BCUT2D eigenvalue weighted by Crippen LogP contribution is -2.14. The number of hydrogen-bond acceptors (Lipinski definition) is 12. The van der Waals surface area contributed by atoms with Crippen molar-refractivity contribution in [3.05, 3.63) is 468 Å². The Labute approximate surface area is 779 Å². The molecule has 0 radical (unpaired) electrons. The third kappa shape index (κ3) is 13.9. The van der Waals surface area contributed by atoms with E-state index < -0.39 is 0 Å². The molecule has 6 aromatic heterocycles. The van der Waals surface area contributed by atoms with Crippen LogP contribution in [0.15, 0.2) is 400 Å². The molecule has 21 aromatic rings. The van der Waals surface area contributed by atoms with E-state index >= 15 is 0 Å². The van der Waals surface area contributed by atoms with Crippen LogP contribution < -0.4 is 14.2 Å². The number of nitrogens with zero attached hydrogens (tertiary/aromatic N) is 12. The number of para-hydroxylation sites is 6. The number of hydrogen-bond donors (Lipinski definition) is 0. The minimum absolute atomic E-state index is 0.0743. The molecule has 0 amide bonds. The third-order valence-corrected chi connectivity index (χ3v) is 26.9. The Morgan fingerprint density at radius 1 is 0.230 bits per heavy atom. The van der Waals surface area contributed by atoms with Crippen molar-refractivity contribution in [1.29, 1.82) is 0 Å². The lowest BCUT2D eigenvalue weighted by Gasteiger charge is -2.22. The fraction of sp³-hybridized carbons (Fsp3) is 0.0750. The van der Waals surface area contributed by atoms with Crippen LogP contribution in [0, 0.1) is 20.8 Å². The Hall–Kier alpha value is -17.4. The summed E-state index contributed by atoms with van der Waals surface area (Å²) in [4.78, 5) is 44.7. The molecule has 6 atom stereocenters. The second kappa shape index (κ2) is 33.2. The number of aromatic nitrogens is 12. The number of aryl methyl sites for hydroxylation is 2. The normalized spacial score (nSPS) is 16.2. The highest BCUT2D eigenvalue weighted by Gasteiger charge is 2.45. The first-order valence-corrected chi connectivity index (χ1v) is 45.9. The lowest BCUT2D eigenvalue weighted by atomic mass is 9.83. The molecule has 27 rings (SSSR count). The fourth-order valence-electron chi connectivity index (χ4n) is 20.7. The molecule has 15 aromatic carbocycles. The molecule has 15 nitrogen and oxygen atoms in total. The quantitative estimate of drug-likeness (QED) is 0.114. The van der Waals surface area contributed by atoms with Gasteiger partial charge in [0.2, 0.25) is 0 Å². The van der Waals surface area contributed by atoms with Crippen LogP contribution in [0.1, 0.15) is 103 Å². The first-order chi connectivity index (χ1) is 66.7. The number of fused-ring (bicyclic) bond motifs is 21. The summed E-state index contributed by atoms with van der Waals surface area (Å²) < 4.78 is 27.6. The van der Waals surface area contributed by atoms with Gasteiger partial charge >= 0.3 is 0 Å². The Bertz CT molecular complexity index is 7970. The van der Waals surface area contributed by atoms with Crippen molar-refractivity contribution in [1.82, 2.24) is 58.6 Å². The standard InChI is InChI=1S/3C40H28N4O/c1-25-29(40-42-38(26-13-5-2-6-14-26)41-39(43-40)27-15-7-3-8-16-27)22-24-34-35(25)31-21-23-33-36(37(31)45-34)30-19-11-12-20-32(30)44(33)28-17-9-4-10-18-28;1-25-23-28(40-42-38(26-13-5-2-6-14-26)41-39(43-40)27-15-7-3-8-16-27)24-32-30-21-22-34-35(37(30)45-36(25)32)31-19-11-12-20-33(31)44(34)29-17-9-4-10-18-29;1-25-23-35-32(24-31(25)40-42-38(26-13-5-2-6-14-26)41-39(43-40)27-15-7-3-8-16-27)29-21-22-34-36(37(29)45-35)30-19-11-12-20-33(30)44(34)28-17-9-4-10-18-28/h2-24,31,37H,1H3;2-24,30,37H,1H3;2-24,29,37H,1H3. The average Bonchev–Trinajstić information content (AvgIpc) is 1.57. The average molecular weight is 1740 g/mol. The van der Waals surface area contributed by atoms with Gasteiger partial charge in [-0.2, -0.15) is 0 Å². The summed E-state index contributed by atoms with van der Waals surface area (Å²) in [5.74, 6) is 8.92. The van der Waals surface area contributed by atoms with E-state index in [0.29, 0.717) is 52.4 Å². The van der Waals surface area contributed by atoms with Crippen molar-refractivity contribution >= 4 is 50.9 Å². The third-order valence-electron chi connectivity index (χ3n) is 26.9. The largest absolute Gasteiger partial charge is 0.484 e. The second-order valence-corrected chi connectivity index (χ2v) is 34.9. The highest BCUT2D eigenvalue weighted by molar-refractivity contribution is 5.96. The van der Waals surface area contributed by atoms with Gasteiger partial charge in [0.15, 0.2) is 52.4 Å². The molecule has 3 aliphatic carbocycles. The summed E-state index contributed by atoms with van der Waals surface area (Å²) in [5.41, 5.74) is 29.6. The van der Waals surface area contributed by atoms with Gasteiger partial charge in [-0.15, -0.1) is 0 Å². The maximum atomic E-state index is 6.88. The van der Waals surface area contributed by atoms with Crippen LogP contribution in [0.3, 0.4) is 0 Å². The summed E-state index contributed by atoms with van der Waals surface area (Å²) in [6, 6.07) is 131. The van der Waals surface area contributed by atoms with Gasteiger partial charge in [-0.3, -0.25) is 0 Å². The van der Waals surface area contributed by atoms with Crippen LogP contribution in [0.2, 0.25) is 0 Å². The van der Waals surface area contributed by atoms with Crippen LogP contribution in [0.4, 0.5) is 0 Å². The van der Waals surface area contributed by atoms with E-state index in [1.165, 1.54) is 72.0 Å². The zero-order chi connectivity index (χ0) is 89.7. The predicted octanol–water partition coefficient (Wildman–Crippen LogP) is 28.1. The molecule has 0 saturated carbocycles. The van der Waals surface area contributed by atoms with Crippen molar-refractivity contribution in [2.24, 2.45) is 0 Å². The van der Waals surface area contributed by atoms with E-state index in [2.05, 4.69) is 271 Å². The van der Waals surface area contributed by atoms with Gasteiger partial charge in [0.05, 0.1) is 33.6 Å². The highest BCUT2D eigenvalue weighted by atomic mass is 16.5. The molecule has 6 aliphatic rings. The summed E-state index contributed by atoms with van der Waals surface area (Å²) in [7, 11) is 0. The molecule has 0 bridgehead atoms. The number of rotatable bonds is 12. The monoisotopic (exact) mass is 1740 g/mol. The van der Waals surface area contributed by atoms with Gasteiger partial charge in [0.25, 0.3) is 0 Å². The molecule has 0 fully saturated rings. The lowest BCUT2D eigenvalue weighted by molar-refractivity contribution is 0.223. The van der Waals surface area contributed by atoms with Gasteiger partial charge in [0, 0.05) is 134 Å². The highest BCUT2D eigenvalue weighted by Crippen LogP contribution is 2.59. The van der Waals surface area contributed by atoms with Crippen molar-refractivity contribution < 1.29 is 14.2 Å². The van der Waals surface area contributed by atoms with Gasteiger partial charge in [-0.1, -0.05) is 309 Å². The smallest absolute Gasteiger partial charge is 0.164 e. The van der Waals surface area contributed by atoms with Gasteiger partial charge in [-0.05, 0) is 147 Å². The molecule has 0 N–H and O–H groups in total. The zero-order valence-electron chi connectivity index (χ0n) is 73.9. The predicted molar refractivity (Wildman–Crippen MR) is 538 cm³/mol. The van der Waals surface area contributed by atoms with Crippen molar-refractivity contribution in [3.63, 3.8) is 0 Å². The van der Waals surface area contributed by atoms with E-state index in [1.807, 2.05) is 182 Å². The SMILES string of the molecule is Cc1c(-c2nc(-c3ccccc3)nc(-c3ccccc3)n2)ccc2c1C1C=Cc3c(c4ccccc4n3-c3ccccc3)C1O2.Cc1cc(-c2nc(-c3ccccc3)nc(-c3ccccc3)n2)cc2c1OC1c3c(n(-c4ccccc4)c4ccccc34)C=CC21.Cc1cc2c(cc1-c1nc(-c3ccccc3)nc(-c3ccccc3)n1)C1C=Cc3c(c4ccccc4n3-c3ccccc3)C1O2. The summed E-state index contributed by atoms with van der Waals surface area (Å²) in [6.07, 6.45) is 13.4. The maximum Gasteiger partial charge on any atom is 0.164 e. The summed E-state index contributed by atoms with van der Waals surface area (Å²) >= 11 is 0. The minimum Gasteiger partial charge on any atom is -0.484 e. The van der Waals surface area contributed by atoms with E-state index in [9.17, 15) is 0 Å². The van der Waals surface area contributed by atoms with E-state index in [0.717, 1.165) is 112 Å². The van der Waals surface area contributed by atoms with Crippen molar-refractivity contribution in [2.45, 2.75) is 56.8 Å². The van der Waals surface area contributed by atoms with Crippen LogP contribution >= 0.6 is 0 Å².